The van der Waals surface area contributed by atoms with Crippen LogP contribution < -0.4 is 5.32 Å². The highest BCUT2D eigenvalue weighted by Gasteiger charge is 2.16. The summed E-state index contributed by atoms with van der Waals surface area (Å²) in [5, 5.41) is 12.8. The summed E-state index contributed by atoms with van der Waals surface area (Å²) in [6.07, 6.45) is 2.50. The monoisotopic (exact) mass is 371 g/mol. The van der Waals surface area contributed by atoms with Gasteiger partial charge in [0.15, 0.2) is 0 Å². The van der Waals surface area contributed by atoms with Crippen molar-refractivity contribution in [3.05, 3.63) is 75.4 Å². The van der Waals surface area contributed by atoms with E-state index in [-0.39, 0.29) is 5.57 Å². The SMILES string of the molecule is N#C/C(=C/N1CCc2ccccc2C1)C(=O)Nc1ccc(Cl)c(Cl)c1. The molecule has 0 aliphatic carbocycles. The Bertz CT molecular complexity index is 886. The standard InChI is InChI=1S/C19H15Cl2N3O/c20-17-6-5-16(9-18(17)21)23-19(25)15(10-22)12-24-8-7-13-3-1-2-4-14(13)11-24/h1-6,9,12H,7-8,11H2,(H,23,25)/b15-12-. The normalized spacial score (nSPS) is 13.8. The zero-order valence-corrected chi connectivity index (χ0v) is 14.8. The summed E-state index contributed by atoms with van der Waals surface area (Å²) in [6, 6.07) is 14.9. The Hall–Kier alpha value is -2.48. The van der Waals surface area contributed by atoms with E-state index >= 15 is 0 Å². The summed E-state index contributed by atoms with van der Waals surface area (Å²) in [5.41, 5.74) is 3.06. The molecule has 0 saturated carbocycles. The fraction of sp³-hybridized carbons (Fsp3) is 0.158. The molecule has 0 atom stereocenters. The van der Waals surface area contributed by atoms with Crippen molar-refractivity contribution in [2.45, 2.75) is 13.0 Å². The molecule has 25 heavy (non-hydrogen) atoms. The van der Waals surface area contributed by atoms with Gasteiger partial charge in [0, 0.05) is 25.0 Å². The average molecular weight is 372 g/mol. The third-order valence-corrected chi connectivity index (χ3v) is 4.75. The number of nitrogens with zero attached hydrogens (tertiary/aromatic N) is 2. The molecule has 2 aromatic rings. The lowest BCUT2D eigenvalue weighted by Gasteiger charge is -2.27. The molecule has 4 nitrogen and oxygen atoms in total. The smallest absolute Gasteiger partial charge is 0.267 e. The predicted octanol–water partition coefficient (Wildman–Crippen LogP) is 4.40. The second-order valence-corrected chi connectivity index (χ2v) is 6.54. The van der Waals surface area contributed by atoms with Gasteiger partial charge in [0.25, 0.3) is 5.91 Å². The van der Waals surface area contributed by atoms with E-state index in [2.05, 4.69) is 17.4 Å². The number of amides is 1. The molecule has 1 aliphatic rings. The number of nitriles is 1. The minimum atomic E-state index is -0.472. The van der Waals surface area contributed by atoms with E-state index in [1.807, 2.05) is 23.1 Å². The van der Waals surface area contributed by atoms with Crippen LogP contribution in [0.4, 0.5) is 5.69 Å². The Labute approximate surface area is 156 Å². The zero-order chi connectivity index (χ0) is 17.8. The number of halogens is 2. The zero-order valence-electron chi connectivity index (χ0n) is 13.3. The van der Waals surface area contributed by atoms with Gasteiger partial charge in [-0.05, 0) is 35.7 Å². The molecule has 126 valence electrons. The lowest BCUT2D eigenvalue weighted by molar-refractivity contribution is -0.112. The Kier molecular flexibility index (Phi) is 5.28. The summed E-state index contributed by atoms with van der Waals surface area (Å²) in [4.78, 5) is 14.3. The van der Waals surface area contributed by atoms with Crippen LogP contribution in [0.3, 0.4) is 0 Å². The molecule has 0 bridgehead atoms. The van der Waals surface area contributed by atoms with E-state index in [9.17, 15) is 10.1 Å². The molecule has 0 aromatic heterocycles. The van der Waals surface area contributed by atoms with Crippen LogP contribution in [0.5, 0.6) is 0 Å². The van der Waals surface area contributed by atoms with Gasteiger partial charge in [-0.25, -0.2) is 0 Å². The molecule has 0 unspecified atom stereocenters. The van der Waals surface area contributed by atoms with Gasteiger partial charge in [-0.3, -0.25) is 4.79 Å². The van der Waals surface area contributed by atoms with Crippen LogP contribution in [0, 0.1) is 11.3 Å². The molecule has 2 aromatic carbocycles. The maximum absolute atomic E-state index is 12.4. The van der Waals surface area contributed by atoms with Crippen molar-refractivity contribution in [1.29, 1.82) is 5.26 Å². The maximum atomic E-state index is 12.4. The summed E-state index contributed by atoms with van der Waals surface area (Å²) in [5.74, 6) is -0.472. The second-order valence-electron chi connectivity index (χ2n) is 5.73. The van der Waals surface area contributed by atoms with Crippen LogP contribution in [0.15, 0.2) is 54.2 Å². The van der Waals surface area contributed by atoms with E-state index in [1.54, 1.807) is 24.4 Å². The summed E-state index contributed by atoms with van der Waals surface area (Å²) in [7, 11) is 0. The third kappa shape index (κ3) is 4.14. The van der Waals surface area contributed by atoms with Crippen LogP contribution in [0.25, 0.3) is 0 Å². The number of rotatable bonds is 3. The molecular formula is C19H15Cl2N3O. The minimum Gasteiger partial charge on any atom is -0.371 e. The summed E-state index contributed by atoms with van der Waals surface area (Å²) >= 11 is 11.8. The number of hydrogen-bond acceptors (Lipinski definition) is 3. The first kappa shape index (κ1) is 17.3. The largest absolute Gasteiger partial charge is 0.371 e. The van der Waals surface area contributed by atoms with E-state index in [0.717, 1.165) is 13.0 Å². The van der Waals surface area contributed by atoms with E-state index < -0.39 is 5.91 Å². The molecule has 0 spiro atoms. The Morgan fingerprint density at radius 1 is 1.16 bits per heavy atom. The number of fused-ring (bicyclic) bond motifs is 1. The number of benzene rings is 2. The lowest BCUT2D eigenvalue weighted by Crippen LogP contribution is -2.27. The first-order valence-electron chi connectivity index (χ1n) is 7.76. The molecule has 0 fully saturated rings. The van der Waals surface area contributed by atoms with Crippen LogP contribution in [-0.2, 0) is 17.8 Å². The van der Waals surface area contributed by atoms with Gasteiger partial charge >= 0.3 is 0 Å². The van der Waals surface area contributed by atoms with Crippen molar-refractivity contribution in [1.82, 2.24) is 4.90 Å². The molecule has 6 heteroatoms. The number of hydrogen-bond donors (Lipinski definition) is 1. The van der Waals surface area contributed by atoms with E-state index in [1.165, 1.54) is 11.1 Å². The maximum Gasteiger partial charge on any atom is 0.267 e. The van der Waals surface area contributed by atoms with Crippen molar-refractivity contribution < 1.29 is 4.79 Å². The van der Waals surface area contributed by atoms with Gasteiger partial charge < -0.3 is 10.2 Å². The Morgan fingerprint density at radius 3 is 2.64 bits per heavy atom. The van der Waals surface area contributed by atoms with Crippen molar-refractivity contribution in [3.63, 3.8) is 0 Å². The van der Waals surface area contributed by atoms with Crippen molar-refractivity contribution in [3.8, 4) is 6.07 Å². The van der Waals surface area contributed by atoms with Crippen molar-refractivity contribution >= 4 is 34.8 Å². The number of nitrogens with one attached hydrogen (secondary N) is 1. The molecule has 1 heterocycles. The molecule has 3 rings (SSSR count). The predicted molar refractivity (Wildman–Crippen MR) is 99.3 cm³/mol. The topological polar surface area (TPSA) is 56.1 Å². The molecule has 1 aliphatic heterocycles. The molecular weight excluding hydrogens is 357 g/mol. The van der Waals surface area contributed by atoms with Crippen molar-refractivity contribution in [2.24, 2.45) is 0 Å². The summed E-state index contributed by atoms with van der Waals surface area (Å²) in [6.45, 7) is 1.45. The molecule has 1 N–H and O–H groups in total. The van der Waals surface area contributed by atoms with E-state index in [4.69, 9.17) is 23.2 Å². The van der Waals surface area contributed by atoms with Gasteiger partial charge in [0.05, 0.1) is 10.0 Å². The first-order chi connectivity index (χ1) is 12.1. The fourth-order valence-electron chi connectivity index (χ4n) is 2.72. The lowest BCUT2D eigenvalue weighted by atomic mass is 10.0. The minimum absolute atomic E-state index is 0.0467. The van der Waals surface area contributed by atoms with Crippen LogP contribution in [-0.4, -0.2) is 17.4 Å². The highest BCUT2D eigenvalue weighted by molar-refractivity contribution is 6.42. The average Bonchev–Trinajstić information content (AvgIpc) is 2.62. The summed E-state index contributed by atoms with van der Waals surface area (Å²) < 4.78 is 0. The number of carbonyl (C=O) groups excluding carboxylic acids is 1. The van der Waals surface area contributed by atoms with Crippen LogP contribution >= 0.6 is 23.2 Å². The van der Waals surface area contributed by atoms with Gasteiger partial charge in [0.1, 0.15) is 11.6 Å². The Balaban J connectivity index is 1.73. The third-order valence-electron chi connectivity index (χ3n) is 4.01. The number of anilines is 1. The van der Waals surface area contributed by atoms with Gasteiger partial charge in [-0.15, -0.1) is 0 Å². The van der Waals surface area contributed by atoms with Crippen LogP contribution in [0.2, 0.25) is 10.0 Å². The first-order valence-corrected chi connectivity index (χ1v) is 8.51. The van der Waals surface area contributed by atoms with Gasteiger partial charge in [-0.1, -0.05) is 47.5 Å². The van der Waals surface area contributed by atoms with Gasteiger partial charge in [-0.2, -0.15) is 5.26 Å². The van der Waals surface area contributed by atoms with Crippen molar-refractivity contribution in [2.75, 3.05) is 11.9 Å². The molecule has 0 radical (unpaired) electrons. The Morgan fingerprint density at radius 2 is 1.92 bits per heavy atom. The number of carbonyl (C=O) groups is 1. The fourth-order valence-corrected chi connectivity index (χ4v) is 3.02. The molecule has 1 amide bonds. The second kappa shape index (κ2) is 7.60. The van der Waals surface area contributed by atoms with Crippen LogP contribution in [0.1, 0.15) is 11.1 Å². The highest BCUT2D eigenvalue weighted by atomic mass is 35.5. The van der Waals surface area contributed by atoms with Gasteiger partial charge in [0.2, 0.25) is 0 Å². The highest BCUT2D eigenvalue weighted by Crippen LogP contribution is 2.25. The quantitative estimate of drug-likeness (QED) is 0.642. The molecule has 0 saturated heterocycles. The van der Waals surface area contributed by atoms with E-state index in [0.29, 0.717) is 22.3 Å².